The van der Waals surface area contributed by atoms with Gasteiger partial charge in [0.1, 0.15) is 11.5 Å². The van der Waals surface area contributed by atoms with Crippen LogP contribution in [0.4, 0.5) is 13.2 Å². The lowest BCUT2D eigenvalue weighted by Gasteiger charge is -2.15. The van der Waals surface area contributed by atoms with Gasteiger partial charge in [0.15, 0.2) is 0 Å². The number of esters is 2. The fourth-order valence-electron chi connectivity index (χ4n) is 2.31. The van der Waals surface area contributed by atoms with Crippen LogP contribution in [0.5, 0.6) is 11.5 Å². The molecule has 0 aliphatic heterocycles. The minimum absolute atomic E-state index is 0.101. The van der Waals surface area contributed by atoms with Gasteiger partial charge in [0.05, 0.1) is 29.9 Å². The molecule has 0 saturated heterocycles. The maximum Gasteiger partial charge on any atom is 0.420 e. The average Bonchev–Trinajstić information content (AvgIpc) is 2.70. The lowest BCUT2D eigenvalue weighted by Crippen LogP contribution is -2.11. The summed E-state index contributed by atoms with van der Waals surface area (Å²) < 4.78 is 55.5. The summed E-state index contributed by atoms with van der Waals surface area (Å²) >= 11 is 0. The van der Waals surface area contributed by atoms with Crippen molar-refractivity contribution in [3.8, 4) is 11.5 Å². The van der Waals surface area contributed by atoms with E-state index in [9.17, 15) is 22.8 Å². The third-order valence-electron chi connectivity index (χ3n) is 3.71. The molecule has 8 heteroatoms. The Labute approximate surface area is 166 Å². The third-order valence-corrected chi connectivity index (χ3v) is 3.71. The van der Waals surface area contributed by atoms with Crippen LogP contribution in [-0.2, 0) is 15.7 Å². The number of carbonyl (C=O) groups is 2. The Morgan fingerprint density at radius 1 is 0.828 bits per heavy atom. The molecule has 0 aliphatic rings. The van der Waals surface area contributed by atoms with Crippen molar-refractivity contribution in [3.63, 3.8) is 0 Å². The van der Waals surface area contributed by atoms with Crippen LogP contribution >= 0.6 is 0 Å². The van der Waals surface area contributed by atoms with E-state index in [1.54, 1.807) is 6.92 Å². The molecule has 0 aromatic heterocycles. The van der Waals surface area contributed by atoms with Crippen molar-refractivity contribution >= 4 is 11.9 Å². The van der Waals surface area contributed by atoms with Crippen molar-refractivity contribution in [2.24, 2.45) is 0 Å². The van der Waals surface area contributed by atoms with E-state index in [-0.39, 0.29) is 30.1 Å². The SMILES string of the molecule is CCCOC(=O)c1ccc(Oc2ccc(C(=O)OCCC)cc2C(F)(F)F)cc1. The first-order valence-electron chi connectivity index (χ1n) is 9.09. The predicted molar refractivity (Wildman–Crippen MR) is 99.1 cm³/mol. The van der Waals surface area contributed by atoms with Gasteiger partial charge < -0.3 is 14.2 Å². The number of rotatable bonds is 8. The van der Waals surface area contributed by atoms with Gasteiger partial charge in [-0.15, -0.1) is 0 Å². The number of hydrogen-bond donors (Lipinski definition) is 0. The molecule has 0 unspecified atom stereocenters. The summed E-state index contributed by atoms with van der Waals surface area (Å²) in [5.74, 6) is -1.72. The molecule has 2 rings (SSSR count). The van der Waals surface area contributed by atoms with Crippen LogP contribution in [0.15, 0.2) is 42.5 Å². The van der Waals surface area contributed by atoms with E-state index >= 15 is 0 Å². The number of ether oxygens (including phenoxy) is 3. The summed E-state index contributed by atoms with van der Waals surface area (Å²) in [6, 6.07) is 8.50. The molecule has 156 valence electrons. The quantitative estimate of drug-likeness (QED) is 0.528. The molecule has 0 aliphatic carbocycles. The van der Waals surface area contributed by atoms with Gasteiger partial charge in [-0.05, 0) is 55.3 Å². The first-order chi connectivity index (χ1) is 13.8. The van der Waals surface area contributed by atoms with Crippen LogP contribution in [-0.4, -0.2) is 25.2 Å². The molecule has 0 bridgehead atoms. The molecule has 0 radical (unpaired) electrons. The van der Waals surface area contributed by atoms with Crippen LogP contribution in [0, 0.1) is 0 Å². The zero-order valence-electron chi connectivity index (χ0n) is 16.0. The van der Waals surface area contributed by atoms with Crippen LogP contribution < -0.4 is 4.74 Å². The van der Waals surface area contributed by atoms with Crippen LogP contribution in [0.3, 0.4) is 0 Å². The maximum atomic E-state index is 13.4. The predicted octanol–water partition coefficient (Wildman–Crippen LogP) is 5.63. The van der Waals surface area contributed by atoms with Crippen molar-refractivity contribution in [3.05, 3.63) is 59.2 Å². The molecule has 0 fully saturated rings. The van der Waals surface area contributed by atoms with Crippen molar-refractivity contribution in [2.45, 2.75) is 32.9 Å². The van der Waals surface area contributed by atoms with E-state index in [1.807, 2.05) is 6.92 Å². The lowest BCUT2D eigenvalue weighted by atomic mass is 10.1. The molecule has 0 spiro atoms. The van der Waals surface area contributed by atoms with E-state index in [4.69, 9.17) is 14.2 Å². The van der Waals surface area contributed by atoms with Gasteiger partial charge in [-0.25, -0.2) is 9.59 Å². The molecule has 0 saturated carbocycles. The van der Waals surface area contributed by atoms with Crippen molar-refractivity contribution in [1.29, 1.82) is 0 Å². The standard InChI is InChI=1S/C21H21F3O5/c1-3-11-27-19(25)14-5-8-16(9-6-14)29-18-10-7-15(20(26)28-12-4-2)13-17(18)21(22,23)24/h5-10,13H,3-4,11-12H2,1-2H3. The number of hydrogen-bond acceptors (Lipinski definition) is 5. The molecule has 2 aromatic carbocycles. The highest BCUT2D eigenvalue weighted by Crippen LogP contribution is 2.39. The van der Waals surface area contributed by atoms with Crippen molar-refractivity contribution < 1.29 is 37.0 Å². The number of carbonyl (C=O) groups excluding carboxylic acids is 2. The summed E-state index contributed by atoms with van der Waals surface area (Å²) in [4.78, 5) is 23.6. The van der Waals surface area contributed by atoms with Gasteiger partial charge in [-0.3, -0.25) is 0 Å². The van der Waals surface area contributed by atoms with Gasteiger partial charge in [0, 0.05) is 0 Å². The maximum absolute atomic E-state index is 13.4. The topological polar surface area (TPSA) is 61.8 Å². The summed E-state index contributed by atoms with van der Waals surface area (Å²) in [6.07, 6.45) is -3.50. The molecule has 29 heavy (non-hydrogen) atoms. The van der Waals surface area contributed by atoms with E-state index in [1.165, 1.54) is 30.3 Å². The van der Waals surface area contributed by atoms with Gasteiger partial charge in [-0.2, -0.15) is 13.2 Å². The molecular formula is C21H21F3O5. The van der Waals surface area contributed by atoms with E-state index < -0.39 is 29.4 Å². The van der Waals surface area contributed by atoms with Gasteiger partial charge in [0.2, 0.25) is 0 Å². The van der Waals surface area contributed by atoms with Crippen LogP contribution in [0.1, 0.15) is 53.0 Å². The molecule has 0 N–H and O–H groups in total. The molecule has 5 nitrogen and oxygen atoms in total. The first kappa shape index (κ1) is 22.3. The summed E-state index contributed by atoms with van der Waals surface area (Å²) in [5.41, 5.74) is -1.06. The Bertz CT molecular complexity index is 844. The smallest absolute Gasteiger partial charge is 0.420 e. The summed E-state index contributed by atoms with van der Waals surface area (Å²) in [7, 11) is 0. The summed E-state index contributed by atoms with van der Waals surface area (Å²) in [5, 5.41) is 0. The van der Waals surface area contributed by atoms with E-state index in [0.29, 0.717) is 18.9 Å². The van der Waals surface area contributed by atoms with Crippen LogP contribution in [0.2, 0.25) is 0 Å². The second-order valence-corrected chi connectivity index (χ2v) is 6.11. The molecule has 0 atom stereocenters. The fourth-order valence-corrected chi connectivity index (χ4v) is 2.31. The van der Waals surface area contributed by atoms with Gasteiger partial charge in [-0.1, -0.05) is 13.8 Å². The van der Waals surface area contributed by atoms with Crippen LogP contribution in [0.25, 0.3) is 0 Å². The molecule has 0 amide bonds. The molecule has 0 heterocycles. The third kappa shape index (κ3) is 6.23. The van der Waals surface area contributed by atoms with E-state index in [0.717, 1.165) is 6.07 Å². The lowest BCUT2D eigenvalue weighted by molar-refractivity contribution is -0.138. The zero-order chi connectivity index (χ0) is 21.4. The van der Waals surface area contributed by atoms with Crippen molar-refractivity contribution in [1.82, 2.24) is 0 Å². The molecular weight excluding hydrogens is 389 g/mol. The number of benzene rings is 2. The van der Waals surface area contributed by atoms with Crippen molar-refractivity contribution in [2.75, 3.05) is 13.2 Å². The Hall–Kier alpha value is -3.03. The second kappa shape index (κ2) is 9.95. The second-order valence-electron chi connectivity index (χ2n) is 6.11. The Morgan fingerprint density at radius 2 is 1.34 bits per heavy atom. The highest BCUT2D eigenvalue weighted by Gasteiger charge is 2.35. The Kier molecular flexibility index (Phi) is 7.64. The molecule has 2 aromatic rings. The van der Waals surface area contributed by atoms with Gasteiger partial charge in [0.25, 0.3) is 0 Å². The summed E-state index contributed by atoms with van der Waals surface area (Å²) in [6.45, 7) is 4.03. The Morgan fingerprint density at radius 3 is 1.86 bits per heavy atom. The Balaban J connectivity index is 2.23. The fraction of sp³-hybridized carbons (Fsp3) is 0.333. The highest BCUT2D eigenvalue weighted by molar-refractivity contribution is 5.90. The minimum Gasteiger partial charge on any atom is -0.462 e. The van der Waals surface area contributed by atoms with Gasteiger partial charge >= 0.3 is 18.1 Å². The average molecular weight is 410 g/mol. The monoisotopic (exact) mass is 410 g/mol. The normalized spacial score (nSPS) is 11.1. The first-order valence-corrected chi connectivity index (χ1v) is 9.09. The van der Waals surface area contributed by atoms with E-state index in [2.05, 4.69) is 0 Å². The highest BCUT2D eigenvalue weighted by atomic mass is 19.4. The number of alkyl halides is 3. The minimum atomic E-state index is -4.74. The largest absolute Gasteiger partial charge is 0.462 e. The number of halogens is 3. The zero-order valence-corrected chi connectivity index (χ0v) is 16.0.